The first-order chi connectivity index (χ1) is 13.4. The minimum atomic E-state index is -0.565. The molecule has 0 saturated carbocycles. The second-order valence-corrected chi connectivity index (χ2v) is 7.68. The van der Waals surface area contributed by atoms with E-state index >= 15 is 0 Å². The SMILES string of the molecule is COC(=O)Cc1cc(Nc2nn(C3COCC[C@@H]3C)cc2C(N)=O)ccc1Br. The molecule has 150 valence electrons. The summed E-state index contributed by atoms with van der Waals surface area (Å²) in [5.41, 5.74) is 7.29. The standard InChI is InChI=1S/C19H23BrN4O4/c1-11-5-6-28-10-16(11)24-9-14(18(21)26)19(23-24)22-13-3-4-15(20)12(7-13)8-17(25)27-2/h3-4,7,9,11,16H,5-6,8,10H2,1-2H3,(H2,21,26)(H,22,23)/t11-,16?/m0/s1. The van der Waals surface area contributed by atoms with Crippen molar-refractivity contribution >= 4 is 39.3 Å². The van der Waals surface area contributed by atoms with Crippen molar-refractivity contribution in [3.05, 3.63) is 40.0 Å². The van der Waals surface area contributed by atoms with Gasteiger partial charge in [0.2, 0.25) is 0 Å². The number of amides is 1. The van der Waals surface area contributed by atoms with E-state index in [0.717, 1.165) is 23.1 Å². The summed E-state index contributed by atoms with van der Waals surface area (Å²) in [6.07, 6.45) is 2.72. The maximum Gasteiger partial charge on any atom is 0.310 e. The molecule has 2 heterocycles. The summed E-state index contributed by atoms with van der Waals surface area (Å²) >= 11 is 3.43. The van der Waals surface area contributed by atoms with Crippen molar-refractivity contribution in [1.29, 1.82) is 0 Å². The number of nitrogens with two attached hydrogens (primary N) is 1. The van der Waals surface area contributed by atoms with Crippen LogP contribution >= 0.6 is 15.9 Å². The molecule has 0 radical (unpaired) electrons. The maximum atomic E-state index is 11.9. The number of primary amides is 1. The highest BCUT2D eigenvalue weighted by molar-refractivity contribution is 9.10. The number of nitrogens with one attached hydrogen (secondary N) is 1. The van der Waals surface area contributed by atoms with Gasteiger partial charge in [-0.05, 0) is 36.1 Å². The van der Waals surface area contributed by atoms with Crippen LogP contribution in [0.1, 0.15) is 35.3 Å². The van der Waals surface area contributed by atoms with Gasteiger partial charge in [-0.2, -0.15) is 5.10 Å². The molecule has 1 unspecified atom stereocenters. The topological polar surface area (TPSA) is 108 Å². The molecular formula is C19H23BrN4O4. The highest BCUT2D eigenvalue weighted by Gasteiger charge is 2.26. The quantitative estimate of drug-likeness (QED) is 0.654. The van der Waals surface area contributed by atoms with Crippen molar-refractivity contribution < 1.29 is 19.1 Å². The fourth-order valence-corrected chi connectivity index (χ4v) is 3.54. The van der Waals surface area contributed by atoms with Crippen LogP contribution in [0.4, 0.5) is 11.5 Å². The van der Waals surface area contributed by atoms with Gasteiger partial charge in [0.05, 0.1) is 26.2 Å². The number of rotatable bonds is 6. The van der Waals surface area contributed by atoms with Crippen LogP contribution in [0.5, 0.6) is 0 Å². The van der Waals surface area contributed by atoms with Gasteiger partial charge in [-0.15, -0.1) is 0 Å². The number of hydrogen-bond acceptors (Lipinski definition) is 6. The molecular weight excluding hydrogens is 428 g/mol. The van der Waals surface area contributed by atoms with Crippen LogP contribution in [0.3, 0.4) is 0 Å². The molecule has 2 aromatic rings. The van der Waals surface area contributed by atoms with Gasteiger partial charge >= 0.3 is 5.97 Å². The number of hydrogen-bond donors (Lipinski definition) is 2. The predicted molar refractivity (Wildman–Crippen MR) is 108 cm³/mol. The van der Waals surface area contributed by atoms with E-state index in [4.69, 9.17) is 15.2 Å². The number of methoxy groups -OCH3 is 1. The Morgan fingerprint density at radius 1 is 1.46 bits per heavy atom. The van der Waals surface area contributed by atoms with Gasteiger partial charge in [-0.1, -0.05) is 22.9 Å². The lowest BCUT2D eigenvalue weighted by atomic mass is 9.97. The largest absolute Gasteiger partial charge is 0.469 e. The van der Waals surface area contributed by atoms with Crippen LogP contribution in [0.15, 0.2) is 28.9 Å². The predicted octanol–water partition coefficient (Wildman–Crippen LogP) is 2.80. The minimum Gasteiger partial charge on any atom is -0.469 e. The summed E-state index contributed by atoms with van der Waals surface area (Å²) in [5, 5.41) is 7.69. The molecule has 1 aromatic carbocycles. The molecule has 2 atom stereocenters. The Labute approximate surface area is 171 Å². The number of carbonyl (C=O) groups excluding carboxylic acids is 2. The van der Waals surface area contributed by atoms with Gasteiger partial charge in [0.15, 0.2) is 5.82 Å². The van der Waals surface area contributed by atoms with Crippen LogP contribution in [-0.2, 0) is 20.7 Å². The average molecular weight is 451 g/mol. The molecule has 1 amide bonds. The van der Waals surface area contributed by atoms with Gasteiger partial charge in [0.1, 0.15) is 5.56 Å². The zero-order valence-corrected chi connectivity index (χ0v) is 17.4. The third kappa shape index (κ3) is 4.53. The normalized spacial score (nSPS) is 19.2. The third-order valence-electron chi connectivity index (χ3n) is 4.87. The molecule has 9 heteroatoms. The number of esters is 1. The Bertz CT molecular complexity index is 883. The second-order valence-electron chi connectivity index (χ2n) is 6.83. The van der Waals surface area contributed by atoms with E-state index in [1.807, 2.05) is 12.1 Å². The summed E-state index contributed by atoms with van der Waals surface area (Å²) in [7, 11) is 1.35. The summed E-state index contributed by atoms with van der Waals surface area (Å²) in [5.74, 6) is -0.158. The van der Waals surface area contributed by atoms with Crippen LogP contribution in [0, 0.1) is 5.92 Å². The molecule has 1 aliphatic heterocycles. The molecule has 3 rings (SSSR count). The zero-order valence-electron chi connectivity index (χ0n) is 15.8. The lowest BCUT2D eigenvalue weighted by Crippen LogP contribution is -2.28. The van der Waals surface area contributed by atoms with Crippen LogP contribution in [0.25, 0.3) is 0 Å². The van der Waals surface area contributed by atoms with E-state index in [9.17, 15) is 9.59 Å². The van der Waals surface area contributed by atoms with E-state index < -0.39 is 5.91 Å². The highest BCUT2D eigenvalue weighted by atomic mass is 79.9. The third-order valence-corrected chi connectivity index (χ3v) is 5.64. The fourth-order valence-electron chi connectivity index (χ4n) is 3.15. The van der Waals surface area contributed by atoms with E-state index in [0.29, 0.717) is 29.6 Å². The van der Waals surface area contributed by atoms with Crippen molar-refractivity contribution in [3.63, 3.8) is 0 Å². The Kier molecular flexibility index (Phi) is 6.35. The molecule has 1 aliphatic rings. The number of carbonyl (C=O) groups is 2. The lowest BCUT2D eigenvalue weighted by Gasteiger charge is -2.28. The Morgan fingerprint density at radius 2 is 2.25 bits per heavy atom. The number of anilines is 2. The summed E-state index contributed by atoms with van der Waals surface area (Å²) in [4.78, 5) is 23.5. The highest BCUT2D eigenvalue weighted by Crippen LogP contribution is 2.29. The van der Waals surface area contributed by atoms with Gasteiger partial charge in [-0.25, -0.2) is 0 Å². The number of nitrogens with zero attached hydrogens (tertiary/aromatic N) is 2. The second kappa shape index (κ2) is 8.74. The first-order valence-corrected chi connectivity index (χ1v) is 9.77. The summed E-state index contributed by atoms with van der Waals surface area (Å²) < 4.78 is 12.8. The maximum absolute atomic E-state index is 11.9. The van der Waals surface area contributed by atoms with Crippen molar-refractivity contribution in [2.75, 3.05) is 25.6 Å². The molecule has 0 bridgehead atoms. The number of halogens is 1. The molecule has 0 spiro atoms. The lowest BCUT2D eigenvalue weighted by molar-refractivity contribution is -0.139. The van der Waals surface area contributed by atoms with Crippen molar-refractivity contribution in [2.45, 2.75) is 25.8 Å². The number of aromatic nitrogens is 2. The van der Waals surface area contributed by atoms with E-state index in [1.54, 1.807) is 16.9 Å². The van der Waals surface area contributed by atoms with E-state index in [1.165, 1.54) is 7.11 Å². The molecule has 28 heavy (non-hydrogen) atoms. The van der Waals surface area contributed by atoms with Gasteiger partial charge in [0.25, 0.3) is 5.91 Å². The van der Waals surface area contributed by atoms with Gasteiger partial charge in [0, 0.05) is 23.0 Å². The first kappa shape index (κ1) is 20.3. The van der Waals surface area contributed by atoms with Gasteiger partial charge in [-0.3, -0.25) is 14.3 Å². The smallest absolute Gasteiger partial charge is 0.310 e. The Hall–Kier alpha value is -2.39. The summed E-state index contributed by atoms with van der Waals surface area (Å²) in [6.45, 7) is 3.41. The monoisotopic (exact) mass is 450 g/mol. The number of benzene rings is 1. The fraction of sp³-hybridized carbons (Fsp3) is 0.421. The van der Waals surface area contributed by atoms with Crippen LogP contribution in [0.2, 0.25) is 0 Å². The number of ether oxygens (including phenoxy) is 2. The Balaban J connectivity index is 1.88. The zero-order chi connectivity index (χ0) is 20.3. The van der Waals surface area contributed by atoms with Crippen molar-refractivity contribution in [1.82, 2.24) is 9.78 Å². The average Bonchev–Trinajstić information content (AvgIpc) is 3.08. The summed E-state index contributed by atoms with van der Waals surface area (Å²) in [6, 6.07) is 5.48. The molecule has 1 aromatic heterocycles. The molecule has 1 saturated heterocycles. The molecule has 8 nitrogen and oxygen atoms in total. The molecule has 0 aliphatic carbocycles. The van der Waals surface area contributed by atoms with Crippen LogP contribution < -0.4 is 11.1 Å². The molecule has 3 N–H and O–H groups in total. The van der Waals surface area contributed by atoms with Crippen molar-refractivity contribution in [2.24, 2.45) is 11.7 Å². The first-order valence-electron chi connectivity index (χ1n) is 8.98. The Morgan fingerprint density at radius 3 is 2.93 bits per heavy atom. The van der Waals surface area contributed by atoms with Crippen LogP contribution in [-0.4, -0.2) is 42.0 Å². The van der Waals surface area contributed by atoms with Crippen molar-refractivity contribution in [3.8, 4) is 0 Å². The van der Waals surface area contributed by atoms with E-state index in [-0.39, 0.29) is 18.4 Å². The van der Waals surface area contributed by atoms with E-state index in [2.05, 4.69) is 33.3 Å². The molecule has 1 fully saturated rings. The minimum absolute atomic E-state index is 0.0437. The van der Waals surface area contributed by atoms with Gasteiger partial charge < -0.3 is 20.5 Å².